The Morgan fingerprint density at radius 1 is 1.09 bits per heavy atom. The Bertz CT molecular complexity index is 1040. The highest BCUT2D eigenvalue weighted by Gasteiger charge is 2.41. The van der Waals surface area contributed by atoms with E-state index >= 15 is 0 Å². The predicted octanol–water partition coefficient (Wildman–Crippen LogP) is 2.49. The van der Waals surface area contributed by atoms with Crippen LogP contribution >= 0.6 is 0 Å². The number of nitrogens with zero attached hydrogens (tertiary/aromatic N) is 1. The third-order valence-electron chi connectivity index (χ3n) is 6.66. The summed E-state index contributed by atoms with van der Waals surface area (Å²) in [5, 5.41) is 12.1. The van der Waals surface area contributed by atoms with Crippen molar-refractivity contribution in [1.82, 2.24) is 10.2 Å². The minimum absolute atomic E-state index is 0.0402. The topological polar surface area (TPSA) is 114 Å². The summed E-state index contributed by atoms with van der Waals surface area (Å²) in [6.45, 7) is 2.23. The second-order valence-electron chi connectivity index (χ2n) is 8.65. The maximum Gasteiger partial charge on any atom is 0.407 e. The molecular formula is C26H30N2O7. The van der Waals surface area contributed by atoms with E-state index in [-0.39, 0.29) is 38.9 Å². The van der Waals surface area contributed by atoms with E-state index in [2.05, 4.69) is 17.4 Å². The Morgan fingerprint density at radius 3 is 2.29 bits per heavy atom. The number of likely N-dealkylation sites (N-methyl/N-ethyl adjacent to an activating group) is 1. The summed E-state index contributed by atoms with van der Waals surface area (Å²) in [6.07, 6.45) is -0.740. The monoisotopic (exact) mass is 482 g/mol. The van der Waals surface area contributed by atoms with Crippen LogP contribution in [0.1, 0.15) is 24.0 Å². The highest BCUT2D eigenvalue weighted by molar-refractivity contribution is 5.87. The number of carboxylic acids is 1. The van der Waals surface area contributed by atoms with E-state index in [0.29, 0.717) is 0 Å². The lowest BCUT2D eigenvalue weighted by molar-refractivity contribution is -0.145. The Balaban J connectivity index is 1.43. The fraction of sp³-hybridized carbons (Fsp3) is 0.423. The molecule has 9 heteroatoms. The molecule has 2 aromatic carbocycles. The van der Waals surface area contributed by atoms with Crippen molar-refractivity contribution >= 4 is 18.0 Å². The molecule has 0 aromatic heterocycles. The van der Waals surface area contributed by atoms with Crippen LogP contribution in [-0.4, -0.2) is 80.1 Å². The lowest BCUT2D eigenvalue weighted by Gasteiger charge is -2.32. The zero-order valence-corrected chi connectivity index (χ0v) is 19.8. The Kier molecular flexibility index (Phi) is 7.67. The number of amides is 2. The maximum absolute atomic E-state index is 13.3. The number of fused-ring (bicyclic) bond motifs is 3. The molecule has 9 nitrogen and oxygen atoms in total. The summed E-state index contributed by atoms with van der Waals surface area (Å²) in [5.74, 6) is -2.39. The van der Waals surface area contributed by atoms with Crippen molar-refractivity contribution in [3.63, 3.8) is 0 Å². The normalized spacial score (nSPS) is 19.5. The van der Waals surface area contributed by atoms with Crippen LogP contribution in [0, 0.1) is 5.92 Å². The Morgan fingerprint density at radius 2 is 1.71 bits per heavy atom. The summed E-state index contributed by atoms with van der Waals surface area (Å²) in [7, 11) is 1.43. The molecule has 186 valence electrons. The predicted molar refractivity (Wildman–Crippen MR) is 127 cm³/mol. The first-order chi connectivity index (χ1) is 17.0. The van der Waals surface area contributed by atoms with Crippen LogP contribution in [0.4, 0.5) is 4.79 Å². The average Bonchev–Trinajstić information content (AvgIpc) is 3.46. The van der Waals surface area contributed by atoms with Crippen LogP contribution in [0.15, 0.2) is 48.5 Å². The van der Waals surface area contributed by atoms with Crippen LogP contribution in [0.2, 0.25) is 0 Å². The minimum atomic E-state index is -1.02. The molecule has 0 saturated carbocycles. The molecular weight excluding hydrogens is 452 g/mol. The standard InChI is InChI=1S/C26H30N2O7/c1-3-28(23-15-34-12-21(23)25(30)31)24(29)22(14-33-2)27-26(32)35-13-20-18-10-6-4-8-16(18)17-9-5-7-11-19(17)20/h4-11,20-23H,3,12-15H2,1-2H3,(H,27,32)(H,30,31). The number of methoxy groups -OCH3 is 1. The summed E-state index contributed by atoms with van der Waals surface area (Å²) in [6, 6.07) is 14.4. The minimum Gasteiger partial charge on any atom is -0.481 e. The van der Waals surface area contributed by atoms with Crippen molar-refractivity contribution in [1.29, 1.82) is 0 Å². The maximum atomic E-state index is 13.3. The van der Waals surface area contributed by atoms with Crippen LogP contribution in [0.5, 0.6) is 0 Å². The lowest BCUT2D eigenvalue weighted by atomic mass is 9.98. The molecule has 1 aliphatic carbocycles. The number of carbonyl (C=O) groups excluding carboxylic acids is 2. The van der Waals surface area contributed by atoms with Crippen LogP contribution in [-0.2, 0) is 23.8 Å². The number of aliphatic carboxylic acids is 1. The number of rotatable bonds is 9. The second-order valence-corrected chi connectivity index (χ2v) is 8.65. The van der Waals surface area contributed by atoms with Crippen molar-refractivity contribution in [2.75, 3.05) is 40.1 Å². The van der Waals surface area contributed by atoms with Crippen molar-refractivity contribution in [2.45, 2.75) is 24.9 Å². The quantitative estimate of drug-likeness (QED) is 0.564. The van der Waals surface area contributed by atoms with Gasteiger partial charge in [-0.15, -0.1) is 0 Å². The molecule has 0 bridgehead atoms. The van der Waals surface area contributed by atoms with Gasteiger partial charge in [-0.3, -0.25) is 9.59 Å². The number of carboxylic acid groups (broad SMARTS) is 1. The Labute approximate surface area is 204 Å². The first-order valence-corrected chi connectivity index (χ1v) is 11.7. The highest BCUT2D eigenvalue weighted by atomic mass is 16.5. The van der Waals surface area contributed by atoms with Crippen LogP contribution in [0.3, 0.4) is 0 Å². The largest absolute Gasteiger partial charge is 0.481 e. The van der Waals surface area contributed by atoms with Crippen molar-refractivity contribution in [3.8, 4) is 11.1 Å². The summed E-state index contributed by atoms with van der Waals surface area (Å²) >= 11 is 0. The lowest BCUT2D eigenvalue weighted by Crippen LogP contribution is -2.56. The van der Waals surface area contributed by atoms with Gasteiger partial charge in [0.05, 0.1) is 25.9 Å². The van der Waals surface area contributed by atoms with Crippen molar-refractivity contribution in [2.24, 2.45) is 5.92 Å². The molecule has 1 fully saturated rings. The van der Waals surface area contributed by atoms with E-state index < -0.39 is 36.0 Å². The van der Waals surface area contributed by atoms with Crippen LogP contribution < -0.4 is 5.32 Å². The molecule has 4 rings (SSSR count). The number of hydrogen-bond donors (Lipinski definition) is 2. The zero-order valence-electron chi connectivity index (χ0n) is 19.8. The highest BCUT2D eigenvalue weighted by Crippen LogP contribution is 2.44. The molecule has 35 heavy (non-hydrogen) atoms. The number of hydrogen-bond acceptors (Lipinski definition) is 6. The van der Waals surface area contributed by atoms with Gasteiger partial charge in [0.15, 0.2) is 0 Å². The van der Waals surface area contributed by atoms with E-state index in [4.69, 9.17) is 14.2 Å². The molecule has 1 heterocycles. The van der Waals surface area contributed by atoms with Gasteiger partial charge < -0.3 is 29.5 Å². The van der Waals surface area contributed by atoms with E-state index in [1.165, 1.54) is 12.0 Å². The van der Waals surface area contributed by atoms with Gasteiger partial charge >= 0.3 is 12.1 Å². The van der Waals surface area contributed by atoms with Crippen molar-refractivity contribution < 1.29 is 33.7 Å². The van der Waals surface area contributed by atoms with Gasteiger partial charge in [-0.2, -0.15) is 0 Å². The SMILES string of the molecule is CCN(C(=O)C(COC)NC(=O)OCC1c2ccccc2-c2ccccc21)C1COCC1C(=O)O. The fourth-order valence-electron chi connectivity index (χ4n) is 4.96. The van der Waals surface area contributed by atoms with E-state index in [1.54, 1.807) is 6.92 Å². The number of benzene rings is 2. The van der Waals surface area contributed by atoms with E-state index in [1.807, 2.05) is 36.4 Å². The van der Waals surface area contributed by atoms with Gasteiger partial charge in [-0.05, 0) is 29.2 Å². The third-order valence-corrected chi connectivity index (χ3v) is 6.66. The zero-order chi connectivity index (χ0) is 24.9. The summed E-state index contributed by atoms with van der Waals surface area (Å²) in [5.41, 5.74) is 4.41. The van der Waals surface area contributed by atoms with Gasteiger partial charge in [0.2, 0.25) is 5.91 Å². The Hall–Kier alpha value is -3.43. The summed E-state index contributed by atoms with van der Waals surface area (Å²) in [4.78, 5) is 39.0. The summed E-state index contributed by atoms with van der Waals surface area (Å²) < 4.78 is 16.1. The first-order valence-electron chi connectivity index (χ1n) is 11.7. The molecule has 2 amide bonds. The number of alkyl carbamates (subject to hydrolysis) is 1. The van der Waals surface area contributed by atoms with E-state index in [9.17, 15) is 19.5 Å². The van der Waals surface area contributed by atoms with Crippen molar-refractivity contribution in [3.05, 3.63) is 59.7 Å². The smallest absolute Gasteiger partial charge is 0.407 e. The molecule has 2 aromatic rings. The van der Waals surface area contributed by atoms with Gasteiger partial charge in [0.25, 0.3) is 0 Å². The van der Waals surface area contributed by atoms with Gasteiger partial charge in [0.1, 0.15) is 18.6 Å². The molecule has 0 radical (unpaired) electrons. The average molecular weight is 483 g/mol. The molecule has 3 unspecified atom stereocenters. The fourth-order valence-corrected chi connectivity index (χ4v) is 4.96. The molecule has 2 N–H and O–H groups in total. The number of carbonyl (C=O) groups is 3. The second kappa shape index (κ2) is 10.9. The van der Waals surface area contributed by atoms with Gasteiger partial charge in [-0.25, -0.2) is 4.79 Å². The molecule has 1 saturated heterocycles. The van der Waals surface area contributed by atoms with Crippen LogP contribution in [0.25, 0.3) is 11.1 Å². The molecule has 0 spiro atoms. The van der Waals surface area contributed by atoms with E-state index in [0.717, 1.165) is 22.3 Å². The van der Waals surface area contributed by atoms with Gasteiger partial charge in [0, 0.05) is 19.6 Å². The first kappa shape index (κ1) is 24.7. The third kappa shape index (κ3) is 5.01. The number of nitrogens with one attached hydrogen (secondary N) is 1. The number of ether oxygens (including phenoxy) is 3. The molecule has 1 aliphatic heterocycles. The molecule has 2 aliphatic rings. The molecule has 3 atom stereocenters. The van der Waals surface area contributed by atoms with Gasteiger partial charge in [-0.1, -0.05) is 48.5 Å².